The summed E-state index contributed by atoms with van der Waals surface area (Å²) in [6.45, 7) is 4.18. The molecule has 2 heterocycles. The molecule has 26 heavy (non-hydrogen) atoms. The predicted molar refractivity (Wildman–Crippen MR) is 102 cm³/mol. The van der Waals surface area contributed by atoms with Crippen LogP contribution in [0.2, 0.25) is 5.02 Å². The molecule has 6 nitrogen and oxygen atoms in total. The monoisotopic (exact) mass is 390 g/mol. The minimum Gasteiger partial charge on any atom is -0.469 e. The molecule has 0 aliphatic carbocycles. The van der Waals surface area contributed by atoms with Crippen LogP contribution in [0.15, 0.2) is 46.2 Å². The second kappa shape index (κ2) is 7.97. The molecule has 0 radical (unpaired) electrons. The van der Waals surface area contributed by atoms with Gasteiger partial charge in [-0.25, -0.2) is 0 Å². The summed E-state index contributed by atoms with van der Waals surface area (Å²) in [7, 11) is 1.88. The lowest BCUT2D eigenvalue weighted by atomic mass is 10.2. The van der Waals surface area contributed by atoms with Gasteiger partial charge in [0.1, 0.15) is 5.76 Å². The fourth-order valence-electron chi connectivity index (χ4n) is 2.42. The molecule has 0 bridgehead atoms. The van der Waals surface area contributed by atoms with Crippen molar-refractivity contribution in [2.24, 2.45) is 7.05 Å². The van der Waals surface area contributed by atoms with Crippen molar-refractivity contribution in [3.05, 3.63) is 52.9 Å². The summed E-state index contributed by atoms with van der Waals surface area (Å²) in [5.74, 6) is 1.44. The quantitative estimate of drug-likeness (QED) is 0.647. The Hall–Kier alpha value is -2.25. The molecule has 0 fully saturated rings. The van der Waals surface area contributed by atoms with Crippen LogP contribution in [-0.4, -0.2) is 25.9 Å². The summed E-state index contributed by atoms with van der Waals surface area (Å²) in [4.78, 5) is 12.4. The Morgan fingerprint density at radius 1 is 1.31 bits per heavy atom. The van der Waals surface area contributed by atoms with Crippen molar-refractivity contribution >= 4 is 29.3 Å². The van der Waals surface area contributed by atoms with E-state index in [1.807, 2.05) is 43.7 Å². The molecule has 1 N–H and O–H groups in total. The number of hydrogen-bond acceptors (Lipinski definition) is 5. The van der Waals surface area contributed by atoms with E-state index >= 15 is 0 Å². The van der Waals surface area contributed by atoms with Gasteiger partial charge in [-0.3, -0.25) is 4.79 Å². The van der Waals surface area contributed by atoms with E-state index in [0.717, 1.165) is 16.9 Å². The lowest BCUT2D eigenvalue weighted by Crippen LogP contribution is -2.30. The normalized spacial score (nSPS) is 12.2. The number of nitrogens with zero attached hydrogens (tertiary/aromatic N) is 3. The summed E-state index contributed by atoms with van der Waals surface area (Å²) in [6.07, 6.45) is 1.62. The number of aryl methyl sites for hydroxylation is 1. The third-order valence-electron chi connectivity index (χ3n) is 3.97. The van der Waals surface area contributed by atoms with E-state index in [1.165, 1.54) is 11.8 Å². The van der Waals surface area contributed by atoms with Gasteiger partial charge in [0, 0.05) is 18.6 Å². The zero-order valence-electron chi connectivity index (χ0n) is 14.7. The Labute approximate surface area is 160 Å². The first-order valence-electron chi connectivity index (χ1n) is 8.08. The number of furan rings is 1. The average Bonchev–Trinajstić information content (AvgIpc) is 3.20. The minimum atomic E-state index is -0.302. The van der Waals surface area contributed by atoms with Gasteiger partial charge in [0.25, 0.3) is 0 Å². The summed E-state index contributed by atoms with van der Waals surface area (Å²) in [6, 6.07) is 9.25. The van der Waals surface area contributed by atoms with Crippen molar-refractivity contribution in [3.63, 3.8) is 0 Å². The number of nitrogens with one attached hydrogen (secondary N) is 1. The second-order valence-electron chi connectivity index (χ2n) is 5.86. The average molecular weight is 391 g/mol. The second-order valence-corrected chi connectivity index (χ2v) is 7.60. The maximum atomic E-state index is 12.4. The molecule has 1 unspecified atom stereocenters. The molecule has 8 heteroatoms. The molecule has 2 aromatic heterocycles. The van der Waals surface area contributed by atoms with Crippen molar-refractivity contribution in [2.75, 3.05) is 0 Å². The van der Waals surface area contributed by atoms with Crippen molar-refractivity contribution in [3.8, 4) is 11.4 Å². The predicted octanol–water partition coefficient (Wildman–Crippen LogP) is 3.83. The molecular formula is C18H19ClN4O2S. The molecule has 0 aliphatic rings. The highest BCUT2D eigenvalue weighted by atomic mass is 35.5. The first-order valence-corrected chi connectivity index (χ1v) is 9.34. The van der Waals surface area contributed by atoms with E-state index in [0.29, 0.717) is 22.5 Å². The summed E-state index contributed by atoms with van der Waals surface area (Å²) in [5, 5.41) is 12.4. The van der Waals surface area contributed by atoms with Crippen LogP contribution in [0, 0.1) is 6.92 Å². The van der Waals surface area contributed by atoms with Crippen molar-refractivity contribution < 1.29 is 9.21 Å². The molecule has 136 valence electrons. The van der Waals surface area contributed by atoms with Gasteiger partial charge in [0.05, 0.1) is 17.1 Å². The molecule has 1 amide bonds. The standard InChI is InChI=1S/C18H19ClN4O2S/c1-11-15(8-9-25-11)16-21-22-18(23(16)3)26-12(2)17(24)20-10-13-4-6-14(19)7-5-13/h4-9,12H,10H2,1-3H3,(H,20,24). The van der Waals surface area contributed by atoms with E-state index < -0.39 is 0 Å². The summed E-state index contributed by atoms with van der Waals surface area (Å²) < 4.78 is 7.19. The van der Waals surface area contributed by atoms with E-state index in [2.05, 4.69) is 15.5 Å². The maximum absolute atomic E-state index is 12.4. The van der Waals surface area contributed by atoms with Crippen molar-refractivity contribution in [1.82, 2.24) is 20.1 Å². The number of thioether (sulfide) groups is 1. The molecule has 0 aliphatic heterocycles. The maximum Gasteiger partial charge on any atom is 0.233 e. The van der Waals surface area contributed by atoms with Crippen LogP contribution in [0.5, 0.6) is 0 Å². The topological polar surface area (TPSA) is 72.9 Å². The first kappa shape index (κ1) is 18.5. The number of aromatic nitrogens is 3. The fraction of sp³-hybridized carbons (Fsp3) is 0.278. The number of rotatable bonds is 6. The van der Waals surface area contributed by atoms with E-state index in [4.69, 9.17) is 16.0 Å². The van der Waals surface area contributed by atoms with Crippen LogP contribution in [0.25, 0.3) is 11.4 Å². The van der Waals surface area contributed by atoms with Crippen LogP contribution in [0.1, 0.15) is 18.2 Å². The Morgan fingerprint density at radius 3 is 2.69 bits per heavy atom. The van der Waals surface area contributed by atoms with Gasteiger partial charge >= 0.3 is 0 Å². The van der Waals surface area contributed by atoms with Crippen molar-refractivity contribution in [1.29, 1.82) is 0 Å². The lowest BCUT2D eigenvalue weighted by molar-refractivity contribution is -0.120. The van der Waals surface area contributed by atoms with E-state index in [1.54, 1.807) is 18.4 Å². The molecule has 0 spiro atoms. The lowest BCUT2D eigenvalue weighted by Gasteiger charge is -2.11. The van der Waals surface area contributed by atoms with E-state index in [9.17, 15) is 4.79 Å². The zero-order chi connectivity index (χ0) is 18.7. The van der Waals surface area contributed by atoms with Gasteiger partial charge in [-0.15, -0.1) is 10.2 Å². The number of benzene rings is 1. The third kappa shape index (κ3) is 4.11. The number of amides is 1. The highest BCUT2D eigenvalue weighted by Gasteiger charge is 2.20. The highest BCUT2D eigenvalue weighted by Crippen LogP contribution is 2.27. The first-order chi connectivity index (χ1) is 12.5. The van der Waals surface area contributed by atoms with E-state index in [-0.39, 0.29) is 11.2 Å². The van der Waals surface area contributed by atoms with Crippen LogP contribution in [0.4, 0.5) is 0 Å². The van der Waals surface area contributed by atoms with Crippen molar-refractivity contribution in [2.45, 2.75) is 30.8 Å². The third-order valence-corrected chi connectivity index (χ3v) is 5.35. The van der Waals surface area contributed by atoms with Gasteiger partial charge in [-0.2, -0.15) is 0 Å². The minimum absolute atomic E-state index is 0.0611. The van der Waals surface area contributed by atoms with Crippen LogP contribution >= 0.6 is 23.4 Å². The number of carbonyl (C=O) groups is 1. The Morgan fingerprint density at radius 2 is 2.04 bits per heavy atom. The number of halogens is 1. The SMILES string of the molecule is Cc1occc1-c1nnc(SC(C)C(=O)NCc2ccc(Cl)cc2)n1C. The molecule has 1 aromatic carbocycles. The molecule has 0 saturated carbocycles. The van der Waals surface area contributed by atoms with Gasteiger partial charge in [-0.1, -0.05) is 35.5 Å². The van der Waals surface area contributed by atoms with Gasteiger partial charge in [0.2, 0.25) is 5.91 Å². The van der Waals surface area contributed by atoms with Gasteiger partial charge in [0.15, 0.2) is 11.0 Å². The summed E-state index contributed by atoms with van der Waals surface area (Å²) >= 11 is 7.23. The number of carbonyl (C=O) groups excluding carboxylic acids is 1. The fourth-order valence-corrected chi connectivity index (χ4v) is 3.38. The van der Waals surface area contributed by atoms with Crippen LogP contribution in [0.3, 0.4) is 0 Å². The summed E-state index contributed by atoms with van der Waals surface area (Å²) in [5.41, 5.74) is 1.89. The Balaban J connectivity index is 1.61. The van der Waals surface area contributed by atoms with Crippen LogP contribution in [-0.2, 0) is 18.4 Å². The smallest absolute Gasteiger partial charge is 0.233 e. The molecular weight excluding hydrogens is 372 g/mol. The Bertz CT molecular complexity index is 904. The molecule has 3 rings (SSSR count). The molecule has 0 saturated heterocycles. The highest BCUT2D eigenvalue weighted by molar-refractivity contribution is 8.00. The van der Waals surface area contributed by atoms with Crippen LogP contribution < -0.4 is 5.32 Å². The molecule has 3 aromatic rings. The molecule has 1 atom stereocenters. The largest absolute Gasteiger partial charge is 0.469 e. The zero-order valence-corrected chi connectivity index (χ0v) is 16.3. The number of hydrogen-bond donors (Lipinski definition) is 1. The van der Waals surface area contributed by atoms with Gasteiger partial charge < -0.3 is 14.3 Å². The van der Waals surface area contributed by atoms with Gasteiger partial charge in [-0.05, 0) is 37.6 Å². The Kier molecular flexibility index (Phi) is 5.68.